The van der Waals surface area contributed by atoms with E-state index in [0.29, 0.717) is 6.04 Å². The summed E-state index contributed by atoms with van der Waals surface area (Å²) in [6.07, 6.45) is 6.88. The van der Waals surface area contributed by atoms with Crippen LogP contribution < -0.4 is 5.73 Å². The lowest BCUT2D eigenvalue weighted by Crippen LogP contribution is -2.25. The third-order valence-electron chi connectivity index (χ3n) is 2.90. The zero-order chi connectivity index (χ0) is 10.1. The highest BCUT2D eigenvalue weighted by atomic mass is 15.1. The van der Waals surface area contributed by atoms with E-state index in [1.807, 2.05) is 0 Å². The topological polar surface area (TPSA) is 43.8 Å². The number of fused-ring (bicyclic) bond motifs is 1. The lowest BCUT2D eigenvalue weighted by molar-refractivity contribution is 0.355. The summed E-state index contributed by atoms with van der Waals surface area (Å²) in [5, 5.41) is 0. The van der Waals surface area contributed by atoms with Gasteiger partial charge in [0.1, 0.15) is 5.82 Å². The Morgan fingerprint density at radius 2 is 2.50 bits per heavy atom. The predicted molar refractivity (Wildman–Crippen MR) is 57.2 cm³/mol. The molecule has 0 amide bonds. The molecule has 0 saturated carbocycles. The molecular weight excluding hydrogens is 174 g/mol. The SMILES string of the molecule is Cc1cn2c(n1)CCCC2CC(C)N. The first-order chi connectivity index (χ1) is 6.66. The maximum absolute atomic E-state index is 5.85. The maximum Gasteiger partial charge on any atom is 0.109 e. The van der Waals surface area contributed by atoms with Crippen molar-refractivity contribution < 1.29 is 0 Å². The van der Waals surface area contributed by atoms with Crippen molar-refractivity contribution in [2.75, 3.05) is 0 Å². The van der Waals surface area contributed by atoms with Crippen LogP contribution in [-0.4, -0.2) is 15.6 Å². The fraction of sp³-hybridized carbons (Fsp3) is 0.727. The Bertz CT molecular complexity index is 314. The van der Waals surface area contributed by atoms with Gasteiger partial charge in [0.2, 0.25) is 0 Å². The highest BCUT2D eigenvalue weighted by Crippen LogP contribution is 2.27. The Hall–Kier alpha value is -0.830. The fourth-order valence-electron chi connectivity index (χ4n) is 2.36. The quantitative estimate of drug-likeness (QED) is 0.778. The van der Waals surface area contributed by atoms with Gasteiger partial charge < -0.3 is 10.3 Å². The van der Waals surface area contributed by atoms with E-state index in [4.69, 9.17) is 5.73 Å². The minimum Gasteiger partial charge on any atom is -0.332 e. The molecule has 0 fully saturated rings. The molecule has 3 nitrogen and oxygen atoms in total. The molecule has 0 saturated heterocycles. The number of imidazole rings is 1. The standard InChI is InChI=1S/C11H19N3/c1-8(12)6-10-4-3-5-11-13-9(2)7-14(10)11/h7-8,10H,3-6,12H2,1-2H3. The minimum absolute atomic E-state index is 0.286. The largest absolute Gasteiger partial charge is 0.332 e. The van der Waals surface area contributed by atoms with E-state index in [-0.39, 0.29) is 6.04 Å². The van der Waals surface area contributed by atoms with E-state index in [9.17, 15) is 0 Å². The highest BCUT2D eigenvalue weighted by molar-refractivity contribution is 5.06. The molecule has 2 atom stereocenters. The van der Waals surface area contributed by atoms with Gasteiger partial charge in [-0.25, -0.2) is 4.98 Å². The van der Waals surface area contributed by atoms with Gasteiger partial charge in [-0.15, -0.1) is 0 Å². The normalized spacial score (nSPS) is 23.2. The highest BCUT2D eigenvalue weighted by Gasteiger charge is 2.21. The molecule has 1 aromatic heterocycles. The third-order valence-corrected chi connectivity index (χ3v) is 2.90. The lowest BCUT2D eigenvalue weighted by Gasteiger charge is -2.26. The number of hydrogen-bond acceptors (Lipinski definition) is 2. The molecule has 1 aliphatic heterocycles. The summed E-state index contributed by atoms with van der Waals surface area (Å²) in [4.78, 5) is 4.53. The molecule has 78 valence electrons. The molecule has 1 aliphatic rings. The summed E-state index contributed by atoms with van der Waals surface area (Å²) in [5.41, 5.74) is 6.99. The van der Waals surface area contributed by atoms with E-state index in [2.05, 4.69) is 29.6 Å². The Kier molecular flexibility index (Phi) is 2.59. The third kappa shape index (κ3) is 1.82. The Morgan fingerprint density at radius 1 is 1.71 bits per heavy atom. The van der Waals surface area contributed by atoms with Crippen molar-refractivity contribution in [3.05, 3.63) is 17.7 Å². The van der Waals surface area contributed by atoms with Crippen LogP contribution in [0.1, 0.15) is 43.7 Å². The van der Waals surface area contributed by atoms with E-state index < -0.39 is 0 Å². The molecule has 0 spiro atoms. The lowest BCUT2D eigenvalue weighted by atomic mass is 9.99. The van der Waals surface area contributed by atoms with E-state index in [0.717, 1.165) is 18.5 Å². The van der Waals surface area contributed by atoms with Gasteiger partial charge in [0.15, 0.2) is 0 Å². The number of aromatic nitrogens is 2. The Morgan fingerprint density at radius 3 is 3.21 bits per heavy atom. The van der Waals surface area contributed by atoms with Crippen LogP contribution in [-0.2, 0) is 6.42 Å². The van der Waals surface area contributed by atoms with Crippen LogP contribution in [0.3, 0.4) is 0 Å². The predicted octanol–water partition coefficient (Wildman–Crippen LogP) is 1.81. The molecular formula is C11H19N3. The average molecular weight is 193 g/mol. The van der Waals surface area contributed by atoms with Gasteiger partial charge in [0, 0.05) is 24.7 Å². The molecule has 0 radical (unpaired) electrons. The van der Waals surface area contributed by atoms with Gasteiger partial charge in [-0.1, -0.05) is 0 Å². The molecule has 3 heteroatoms. The fourth-order valence-corrected chi connectivity index (χ4v) is 2.36. The smallest absolute Gasteiger partial charge is 0.109 e. The van der Waals surface area contributed by atoms with Crippen molar-refractivity contribution in [1.29, 1.82) is 0 Å². The molecule has 2 N–H and O–H groups in total. The second-order valence-electron chi connectivity index (χ2n) is 4.46. The van der Waals surface area contributed by atoms with Crippen LogP contribution in [0.25, 0.3) is 0 Å². The first-order valence-corrected chi connectivity index (χ1v) is 5.46. The number of aryl methyl sites for hydroxylation is 2. The first kappa shape index (κ1) is 9.71. The van der Waals surface area contributed by atoms with Gasteiger partial charge in [-0.3, -0.25) is 0 Å². The van der Waals surface area contributed by atoms with Crippen molar-refractivity contribution in [1.82, 2.24) is 9.55 Å². The summed E-state index contributed by atoms with van der Waals surface area (Å²) in [6, 6.07) is 0.869. The Labute approximate surface area is 85.3 Å². The van der Waals surface area contributed by atoms with E-state index >= 15 is 0 Å². The summed E-state index contributed by atoms with van der Waals surface area (Å²) in [5.74, 6) is 1.25. The van der Waals surface area contributed by atoms with Gasteiger partial charge in [0.05, 0.1) is 5.69 Å². The number of hydrogen-bond donors (Lipinski definition) is 1. The monoisotopic (exact) mass is 193 g/mol. The molecule has 1 aromatic rings. The van der Waals surface area contributed by atoms with Crippen LogP contribution in [0.5, 0.6) is 0 Å². The van der Waals surface area contributed by atoms with Crippen LogP contribution in [0, 0.1) is 6.92 Å². The van der Waals surface area contributed by atoms with Crippen molar-refractivity contribution in [3.63, 3.8) is 0 Å². The van der Waals surface area contributed by atoms with Gasteiger partial charge in [-0.05, 0) is 33.1 Å². The van der Waals surface area contributed by atoms with Gasteiger partial charge in [0.25, 0.3) is 0 Å². The summed E-state index contributed by atoms with van der Waals surface area (Å²) in [6.45, 7) is 4.15. The minimum atomic E-state index is 0.286. The molecule has 0 aliphatic carbocycles. The molecule has 0 aromatic carbocycles. The van der Waals surface area contributed by atoms with Crippen LogP contribution in [0.4, 0.5) is 0 Å². The van der Waals surface area contributed by atoms with Crippen LogP contribution in [0.2, 0.25) is 0 Å². The van der Waals surface area contributed by atoms with Crippen molar-refractivity contribution >= 4 is 0 Å². The second-order valence-corrected chi connectivity index (χ2v) is 4.46. The summed E-state index contributed by atoms with van der Waals surface area (Å²) in [7, 11) is 0. The second kappa shape index (κ2) is 3.73. The zero-order valence-corrected chi connectivity index (χ0v) is 9.03. The van der Waals surface area contributed by atoms with Gasteiger partial charge >= 0.3 is 0 Å². The first-order valence-electron chi connectivity index (χ1n) is 5.46. The molecule has 2 unspecified atom stereocenters. The molecule has 2 rings (SSSR count). The number of nitrogens with zero attached hydrogens (tertiary/aromatic N) is 2. The summed E-state index contributed by atoms with van der Waals surface area (Å²) < 4.78 is 2.34. The van der Waals surface area contributed by atoms with E-state index in [1.165, 1.54) is 18.7 Å². The Balaban J connectivity index is 2.21. The molecule has 0 bridgehead atoms. The van der Waals surface area contributed by atoms with E-state index in [1.54, 1.807) is 0 Å². The van der Waals surface area contributed by atoms with Crippen molar-refractivity contribution in [2.24, 2.45) is 5.73 Å². The van der Waals surface area contributed by atoms with Crippen molar-refractivity contribution in [2.45, 2.75) is 51.6 Å². The maximum atomic E-state index is 5.85. The molecule has 2 heterocycles. The number of nitrogens with two attached hydrogens (primary N) is 1. The van der Waals surface area contributed by atoms with Crippen LogP contribution in [0.15, 0.2) is 6.20 Å². The summed E-state index contributed by atoms with van der Waals surface area (Å²) >= 11 is 0. The van der Waals surface area contributed by atoms with Gasteiger partial charge in [-0.2, -0.15) is 0 Å². The molecule has 14 heavy (non-hydrogen) atoms. The number of rotatable bonds is 2. The van der Waals surface area contributed by atoms with Crippen molar-refractivity contribution in [3.8, 4) is 0 Å². The average Bonchev–Trinajstić information content (AvgIpc) is 2.45. The van der Waals surface area contributed by atoms with Crippen LogP contribution >= 0.6 is 0 Å². The zero-order valence-electron chi connectivity index (χ0n) is 9.03.